The van der Waals surface area contributed by atoms with Gasteiger partial charge >= 0.3 is 0 Å². The molecule has 1 aliphatic heterocycles. The molecule has 0 spiro atoms. The molecule has 0 bridgehead atoms. The molecule has 0 radical (unpaired) electrons. The summed E-state index contributed by atoms with van der Waals surface area (Å²) in [7, 11) is 0. The summed E-state index contributed by atoms with van der Waals surface area (Å²) in [5.41, 5.74) is 1.23. The lowest BCUT2D eigenvalue weighted by molar-refractivity contribution is -0.118. The number of halogens is 1. The van der Waals surface area contributed by atoms with E-state index >= 15 is 0 Å². The number of fused-ring (bicyclic) bond motifs is 1. The molecule has 24 heavy (non-hydrogen) atoms. The van der Waals surface area contributed by atoms with Crippen LogP contribution in [-0.4, -0.2) is 19.1 Å². The van der Waals surface area contributed by atoms with Crippen molar-refractivity contribution in [1.82, 2.24) is 0 Å². The fraction of sp³-hybridized carbons (Fsp3) is 0.316. The average Bonchev–Trinajstić information content (AvgIpc) is 3.39. The van der Waals surface area contributed by atoms with E-state index in [1.807, 2.05) is 42.5 Å². The number of carbonyl (C=O) groups is 1. The Morgan fingerprint density at radius 2 is 1.83 bits per heavy atom. The number of benzene rings is 2. The summed E-state index contributed by atoms with van der Waals surface area (Å²) in [4.78, 5) is 12.8. The van der Waals surface area contributed by atoms with Crippen molar-refractivity contribution >= 4 is 23.2 Å². The lowest BCUT2D eigenvalue weighted by Crippen LogP contribution is -2.27. The van der Waals surface area contributed by atoms with Gasteiger partial charge in [-0.05, 0) is 42.7 Å². The fourth-order valence-electron chi connectivity index (χ4n) is 3.05. The van der Waals surface area contributed by atoms with Gasteiger partial charge in [-0.3, -0.25) is 4.79 Å². The van der Waals surface area contributed by atoms with Crippen LogP contribution in [0.1, 0.15) is 24.8 Å². The van der Waals surface area contributed by atoms with E-state index in [0.717, 1.165) is 36.3 Å². The first-order chi connectivity index (χ1) is 11.7. The van der Waals surface area contributed by atoms with Gasteiger partial charge in [-0.15, -0.1) is 0 Å². The Bertz CT molecular complexity index is 786. The standard InChI is InChI=1S/C19H18ClNO3/c20-14-4-1-3-13(11-14)19(7-8-19)18(22)21-15-5-6-16-17(12-15)24-10-2-9-23-16/h1,3-6,11-12H,2,7-10H2,(H,21,22). The van der Waals surface area contributed by atoms with Crippen LogP contribution in [0.15, 0.2) is 42.5 Å². The van der Waals surface area contributed by atoms with Crippen molar-refractivity contribution < 1.29 is 14.3 Å². The molecule has 2 aromatic rings. The van der Waals surface area contributed by atoms with E-state index in [-0.39, 0.29) is 5.91 Å². The van der Waals surface area contributed by atoms with Gasteiger partial charge < -0.3 is 14.8 Å². The molecule has 1 N–H and O–H groups in total. The van der Waals surface area contributed by atoms with Crippen molar-refractivity contribution in [3.05, 3.63) is 53.1 Å². The summed E-state index contributed by atoms with van der Waals surface area (Å²) in [5, 5.41) is 3.67. The van der Waals surface area contributed by atoms with Crippen LogP contribution in [0.4, 0.5) is 5.69 Å². The van der Waals surface area contributed by atoms with E-state index in [0.29, 0.717) is 24.0 Å². The van der Waals surface area contributed by atoms with Crippen molar-refractivity contribution in [1.29, 1.82) is 0 Å². The van der Waals surface area contributed by atoms with Gasteiger partial charge in [0.25, 0.3) is 0 Å². The van der Waals surface area contributed by atoms with Gasteiger partial charge in [-0.2, -0.15) is 0 Å². The Hall–Kier alpha value is -2.20. The zero-order chi connectivity index (χ0) is 16.6. The molecule has 0 atom stereocenters. The van der Waals surface area contributed by atoms with Gasteiger partial charge in [0.15, 0.2) is 11.5 Å². The Labute approximate surface area is 145 Å². The summed E-state index contributed by atoms with van der Waals surface area (Å²) in [6.45, 7) is 1.27. The monoisotopic (exact) mass is 343 g/mol. The highest BCUT2D eigenvalue weighted by atomic mass is 35.5. The second kappa shape index (κ2) is 6.02. The molecular formula is C19H18ClNO3. The first kappa shape index (κ1) is 15.3. The quantitative estimate of drug-likeness (QED) is 0.909. The molecule has 0 saturated heterocycles. The fourth-order valence-corrected chi connectivity index (χ4v) is 3.24. The molecule has 0 aromatic heterocycles. The molecular weight excluding hydrogens is 326 g/mol. The Morgan fingerprint density at radius 3 is 2.58 bits per heavy atom. The lowest BCUT2D eigenvalue weighted by atomic mass is 9.95. The maximum absolute atomic E-state index is 12.8. The van der Waals surface area contributed by atoms with Gasteiger partial charge in [0, 0.05) is 23.2 Å². The number of hydrogen-bond acceptors (Lipinski definition) is 3. The van der Waals surface area contributed by atoms with Crippen molar-refractivity contribution in [2.45, 2.75) is 24.7 Å². The van der Waals surface area contributed by atoms with E-state index < -0.39 is 5.41 Å². The third-order valence-electron chi connectivity index (χ3n) is 4.57. The van der Waals surface area contributed by atoms with E-state index in [2.05, 4.69) is 5.32 Å². The summed E-state index contributed by atoms with van der Waals surface area (Å²) in [6.07, 6.45) is 2.53. The van der Waals surface area contributed by atoms with Crippen LogP contribution in [0.5, 0.6) is 11.5 Å². The molecule has 0 unspecified atom stereocenters. The minimum Gasteiger partial charge on any atom is -0.490 e. The van der Waals surface area contributed by atoms with Crippen LogP contribution in [0, 0.1) is 0 Å². The largest absolute Gasteiger partial charge is 0.490 e. The zero-order valence-corrected chi connectivity index (χ0v) is 13.9. The molecule has 1 amide bonds. The molecule has 1 heterocycles. The van der Waals surface area contributed by atoms with Crippen LogP contribution < -0.4 is 14.8 Å². The Morgan fingerprint density at radius 1 is 1.04 bits per heavy atom. The smallest absolute Gasteiger partial charge is 0.235 e. The van der Waals surface area contributed by atoms with Crippen LogP contribution in [0.25, 0.3) is 0 Å². The van der Waals surface area contributed by atoms with Gasteiger partial charge in [0.1, 0.15) is 0 Å². The van der Waals surface area contributed by atoms with Gasteiger partial charge in [0.2, 0.25) is 5.91 Å². The normalized spacial score (nSPS) is 17.7. The topological polar surface area (TPSA) is 47.6 Å². The molecule has 1 saturated carbocycles. The highest BCUT2D eigenvalue weighted by Crippen LogP contribution is 2.49. The summed E-state index contributed by atoms with van der Waals surface area (Å²) in [5.74, 6) is 1.40. The van der Waals surface area contributed by atoms with Crippen molar-refractivity contribution in [2.24, 2.45) is 0 Å². The van der Waals surface area contributed by atoms with Gasteiger partial charge in [0.05, 0.1) is 18.6 Å². The number of hydrogen-bond donors (Lipinski definition) is 1. The second-order valence-electron chi connectivity index (χ2n) is 6.26. The van der Waals surface area contributed by atoms with E-state index in [9.17, 15) is 4.79 Å². The second-order valence-corrected chi connectivity index (χ2v) is 6.70. The number of rotatable bonds is 3. The maximum atomic E-state index is 12.8. The van der Waals surface area contributed by atoms with E-state index in [4.69, 9.17) is 21.1 Å². The van der Waals surface area contributed by atoms with Gasteiger partial charge in [-0.25, -0.2) is 0 Å². The highest BCUT2D eigenvalue weighted by molar-refractivity contribution is 6.30. The van der Waals surface area contributed by atoms with Gasteiger partial charge in [-0.1, -0.05) is 23.7 Å². The third kappa shape index (κ3) is 2.82. The molecule has 5 heteroatoms. The zero-order valence-electron chi connectivity index (χ0n) is 13.2. The lowest BCUT2D eigenvalue weighted by Gasteiger charge is -2.17. The average molecular weight is 344 g/mol. The van der Waals surface area contributed by atoms with Crippen LogP contribution in [0.2, 0.25) is 5.02 Å². The number of carbonyl (C=O) groups excluding carboxylic acids is 1. The minimum atomic E-state index is -0.463. The van der Waals surface area contributed by atoms with Crippen LogP contribution >= 0.6 is 11.6 Å². The van der Waals surface area contributed by atoms with Crippen molar-refractivity contribution in [3.63, 3.8) is 0 Å². The SMILES string of the molecule is O=C(Nc1ccc2c(c1)OCCCO2)C1(c2cccc(Cl)c2)CC1. The number of nitrogens with one attached hydrogen (secondary N) is 1. The van der Waals surface area contributed by atoms with Crippen LogP contribution in [-0.2, 0) is 10.2 Å². The predicted octanol–water partition coefficient (Wildman–Crippen LogP) is 4.17. The molecule has 1 fully saturated rings. The third-order valence-corrected chi connectivity index (χ3v) is 4.80. The molecule has 2 aliphatic rings. The van der Waals surface area contributed by atoms with Crippen molar-refractivity contribution in [2.75, 3.05) is 18.5 Å². The summed E-state index contributed by atoms with van der Waals surface area (Å²) in [6, 6.07) is 13.1. The molecule has 2 aromatic carbocycles. The van der Waals surface area contributed by atoms with Crippen LogP contribution in [0.3, 0.4) is 0 Å². The minimum absolute atomic E-state index is 0.000688. The number of anilines is 1. The summed E-state index contributed by atoms with van der Waals surface area (Å²) < 4.78 is 11.3. The first-order valence-corrected chi connectivity index (χ1v) is 8.52. The van der Waals surface area contributed by atoms with Crippen molar-refractivity contribution in [3.8, 4) is 11.5 Å². The summed E-state index contributed by atoms with van der Waals surface area (Å²) >= 11 is 6.08. The number of ether oxygens (including phenoxy) is 2. The molecule has 124 valence electrons. The van der Waals surface area contributed by atoms with E-state index in [1.54, 1.807) is 0 Å². The maximum Gasteiger partial charge on any atom is 0.235 e. The van der Waals surface area contributed by atoms with E-state index in [1.165, 1.54) is 0 Å². The predicted molar refractivity (Wildman–Crippen MR) is 93.0 cm³/mol. The first-order valence-electron chi connectivity index (χ1n) is 8.15. The molecule has 4 nitrogen and oxygen atoms in total. The Balaban J connectivity index is 1.55. The molecule has 1 aliphatic carbocycles. The highest BCUT2D eigenvalue weighted by Gasteiger charge is 2.51. The Kier molecular flexibility index (Phi) is 3.85. The molecule has 4 rings (SSSR count). The number of amides is 1.